The molecule has 7 atom stereocenters. The van der Waals surface area contributed by atoms with Gasteiger partial charge in [-0.25, -0.2) is 18.2 Å². The molecule has 1 aromatic heterocycles. The fourth-order valence-electron chi connectivity index (χ4n) is 7.91. The third kappa shape index (κ3) is 8.96. The van der Waals surface area contributed by atoms with E-state index in [0.29, 0.717) is 62.5 Å². The van der Waals surface area contributed by atoms with Crippen LogP contribution in [0, 0.1) is 17.8 Å². The van der Waals surface area contributed by atoms with E-state index in [1.54, 1.807) is 19.1 Å². The van der Waals surface area contributed by atoms with E-state index in [2.05, 4.69) is 20.3 Å². The Morgan fingerprint density at radius 1 is 1.08 bits per heavy atom. The van der Waals surface area contributed by atoms with Crippen LogP contribution in [-0.4, -0.2) is 110 Å². The van der Waals surface area contributed by atoms with Crippen molar-refractivity contribution in [1.29, 1.82) is 0 Å². The predicted molar refractivity (Wildman–Crippen MR) is 216 cm³/mol. The summed E-state index contributed by atoms with van der Waals surface area (Å²) in [4.78, 5) is 64.1. The lowest BCUT2D eigenvalue weighted by Gasteiger charge is -2.34. The number of sulfonamides is 1. The highest BCUT2D eigenvalue weighted by atomic mass is 32.2. The summed E-state index contributed by atoms with van der Waals surface area (Å²) in [5, 5.41) is 6.45. The van der Waals surface area contributed by atoms with Crippen LogP contribution in [0.4, 0.5) is 23.7 Å². The average molecular weight is 865 g/mol. The number of halogens is 3. The number of carbonyl (C=O) groups is 4. The van der Waals surface area contributed by atoms with Crippen molar-refractivity contribution in [2.75, 3.05) is 32.6 Å². The van der Waals surface area contributed by atoms with Gasteiger partial charge in [0.15, 0.2) is 0 Å². The minimum Gasteiger partial charge on any atom is -0.494 e. The van der Waals surface area contributed by atoms with Crippen molar-refractivity contribution in [2.24, 2.45) is 17.8 Å². The zero-order valence-corrected chi connectivity index (χ0v) is 36.0. The fourth-order valence-corrected chi connectivity index (χ4v) is 9.23. The van der Waals surface area contributed by atoms with Crippen molar-refractivity contribution in [3.8, 4) is 11.6 Å². The molecule has 60 heavy (non-hydrogen) atoms. The number of benzene rings is 1. The highest BCUT2D eigenvalue weighted by Gasteiger charge is 2.63. The number of rotatable bonds is 9. The standard InChI is InChI=1S/C41H55F3N6O9S/c1-23-11-9-10-12-25-20-40(25,36(53)48-60(55,56)39(5)15-16-39)47-33(51)30-19-27(58-34-28-14-13-26(49(6)7)18-29(28)31(57-8)21-45-34)22-50(30)35(52)32(24(2)17-23)46-37(54)59-38(3,4)41(42,43)44/h10,12-14,18,21,23-25,27,30,32H,9,11,15-17,19-20,22H2,1-8H3,(H,46,54)(H,47,51)(H,48,53)/b12-10-/t23-,24+,25+,27+,30-,32-,40+/m0/s1. The highest BCUT2D eigenvalue weighted by molar-refractivity contribution is 7.91. The number of hydrogen-bond acceptors (Lipinski definition) is 11. The second-order valence-electron chi connectivity index (χ2n) is 17.7. The van der Waals surface area contributed by atoms with E-state index in [4.69, 9.17) is 14.2 Å². The molecule has 3 heterocycles. The largest absolute Gasteiger partial charge is 0.494 e. The first kappa shape index (κ1) is 44.7. The number of pyridine rings is 1. The SMILES string of the molecule is COc1cnc(O[C@@H]2C[C@H]3C(=O)N[C@]4(C(=O)NS(=O)(=O)C5(C)CC5)C[C@H]4/C=C\CC[C@H](C)C[C@@H](C)[C@H](NC(=O)OC(C)(C)C(F)(F)F)C(=O)N3C2)c2ccc(N(C)C)cc12. The Morgan fingerprint density at radius 2 is 1.78 bits per heavy atom. The number of ether oxygens (including phenoxy) is 3. The van der Waals surface area contributed by atoms with Crippen molar-refractivity contribution in [1.82, 2.24) is 25.2 Å². The Kier molecular flexibility index (Phi) is 12.1. The number of alkyl halides is 3. The van der Waals surface area contributed by atoms with Crippen LogP contribution in [0.3, 0.4) is 0 Å². The van der Waals surface area contributed by atoms with Gasteiger partial charge < -0.3 is 34.6 Å². The van der Waals surface area contributed by atoms with Crippen LogP contribution in [0.1, 0.15) is 79.6 Å². The molecule has 4 amide bonds. The Bertz CT molecular complexity index is 2160. The number of hydrogen-bond donors (Lipinski definition) is 3. The van der Waals surface area contributed by atoms with Crippen molar-refractivity contribution in [3.63, 3.8) is 0 Å². The summed E-state index contributed by atoms with van der Waals surface area (Å²) in [6.07, 6.45) is 0.0936. The third-order valence-electron chi connectivity index (χ3n) is 12.4. The summed E-state index contributed by atoms with van der Waals surface area (Å²) in [6.45, 7) is 6.33. The van der Waals surface area contributed by atoms with Crippen molar-refractivity contribution in [2.45, 2.75) is 120 Å². The molecule has 19 heteroatoms. The number of alkyl carbamates (subject to hydrolysis) is 1. The first-order chi connectivity index (χ1) is 27.9. The number of methoxy groups -OCH3 is 1. The van der Waals surface area contributed by atoms with E-state index < -0.39 is 85.9 Å². The van der Waals surface area contributed by atoms with Crippen LogP contribution in [-0.2, 0) is 29.1 Å². The van der Waals surface area contributed by atoms with Crippen molar-refractivity contribution >= 4 is 50.3 Å². The van der Waals surface area contributed by atoms with Gasteiger partial charge in [-0.2, -0.15) is 13.2 Å². The van der Waals surface area contributed by atoms with Gasteiger partial charge in [0.2, 0.25) is 33.3 Å². The molecule has 3 N–H and O–H groups in total. The predicted octanol–water partition coefficient (Wildman–Crippen LogP) is 4.98. The molecule has 6 rings (SSSR count). The van der Waals surface area contributed by atoms with Gasteiger partial charge in [0, 0.05) is 42.9 Å². The van der Waals surface area contributed by atoms with E-state index >= 15 is 0 Å². The number of carbonyl (C=O) groups excluding carboxylic acids is 4. The number of nitrogens with zero attached hydrogens (tertiary/aromatic N) is 3. The molecular formula is C41H55F3N6O9S. The van der Waals surface area contributed by atoms with E-state index in [1.807, 2.05) is 44.1 Å². The zero-order valence-electron chi connectivity index (χ0n) is 35.1. The zero-order chi connectivity index (χ0) is 44.2. The van der Waals surface area contributed by atoms with Gasteiger partial charge in [0.25, 0.3) is 5.91 Å². The number of aromatic nitrogens is 1. The molecule has 15 nitrogen and oxygen atoms in total. The topological polar surface area (TPSA) is 186 Å². The molecule has 1 aromatic carbocycles. The lowest BCUT2D eigenvalue weighted by Crippen LogP contribution is -2.59. The molecule has 0 spiro atoms. The molecule has 4 aliphatic rings. The fraction of sp³-hybridized carbons (Fsp3) is 0.634. The molecule has 2 aliphatic carbocycles. The van der Waals surface area contributed by atoms with Crippen molar-refractivity contribution in [3.05, 3.63) is 36.5 Å². The summed E-state index contributed by atoms with van der Waals surface area (Å²) < 4.78 is 85.7. The van der Waals surface area contributed by atoms with Crippen LogP contribution in [0.25, 0.3) is 10.8 Å². The Labute approximate surface area is 348 Å². The number of nitrogens with one attached hydrogen (secondary N) is 3. The molecule has 0 radical (unpaired) electrons. The minimum atomic E-state index is -4.92. The minimum absolute atomic E-state index is 0.0427. The molecule has 0 unspecified atom stereocenters. The van der Waals surface area contributed by atoms with Crippen LogP contribution < -0.4 is 29.7 Å². The van der Waals surface area contributed by atoms with Gasteiger partial charge in [-0.1, -0.05) is 26.0 Å². The van der Waals surface area contributed by atoms with Crippen LogP contribution >= 0.6 is 0 Å². The Balaban J connectivity index is 1.37. The van der Waals surface area contributed by atoms with Gasteiger partial charge in [-0.3, -0.25) is 19.1 Å². The molecule has 0 bridgehead atoms. The number of anilines is 1. The summed E-state index contributed by atoms with van der Waals surface area (Å²) in [5.41, 5.74) is -3.67. The normalized spacial score (nSPS) is 28.8. The highest BCUT2D eigenvalue weighted by Crippen LogP contribution is 2.48. The number of fused-ring (bicyclic) bond motifs is 3. The van der Waals surface area contributed by atoms with Crippen LogP contribution in [0.2, 0.25) is 0 Å². The second-order valence-corrected chi connectivity index (χ2v) is 19.9. The summed E-state index contributed by atoms with van der Waals surface area (Å²) in [6, 6.07) is 2.78. The lowest BCUT2D eigenvalue weighted by atomic mass is 9.88. The van der Waals surface area contributed by atoms with Gasteiger partial charge in [-0.15, -0.1) is 0 Å². The van der Waals surface area contributed by atoms with E-state index in [0.717, 1.165) is 5.69 Å². The van der Waals surface area contributed by atoms with Gasteiger partial charge in [0.1, 0.15) is 29.5 Å². The number of allylic oxidation sites excluding steroid dienone is 1. The molecule has 2 saturated carbocycles. The maximum Gasteiger partial charge on any atom is 0.427 e. The molecule has 1 saturated heterocycles. The maximum atomic E-state index is 14.8. The quantitative estimate of drug-likeness (QED) is 0.289. The third-order valence-corrected chi connectivity index (χ3v) is 14.5. The lowest BCUT2D eigenvalue weighted by molar-refractivity contribution is -0.244. The molecule has 2 aliphatic heterocycles. The van der Waals surface area contributed by atoms with E-state index in [-0.39, 0.29) is 31.2 Å². The molecule has 3 fully saturated rings. The average Bonchev–Trinajstić information content (AvgIpc) is 4.04. The van der Waals surface area contributed by atoms with E-state index in [9.17, 15) is 40.8 Å². The molecule has 330 valence electrons. The summed E-state index contributed by atoms with van der Waals surface area (Å²) >= 11 is 0. The maximum absolute atomic E-state index is 14.8. The monoisotopic (exact) mass is 864 g/mol. The van der Waals surface area contributed by atoms with Crippen molar-refractivity contribution < 1.29 is 55.0 Å². The number of amides is 4. The second kappa shape index (κ2) is 16.2. The van der Waals surface area contributed by atoms with Crippen LogP contribution in [0.15, 0.2) is 36.5 Å². The summed E-state index contributed by atoms with van der Waals surface area (Å²) in [5.74, 6) is -3.06. The van der Waals surface area contributed by atoms with Gasteiger partial charge in [-0.05, 0) is 89.3 Å². The van der Waals surface area contributed by atoms with E-state index in [1.165, 1.54) is 25.1 Å². The van der Waals surface area contributed by atoms with Gasteiger partial charge >= 0.3 is 12.3 Å². The smallest absolute Gasteiger partial charge is 0.427 e. The Hall–Kier alpha value is -4.81. The summed E-state index contributed by atoms with van der Waals surface area (Å²) in [7, 11) is 1.19. The van der Waals surface area contributed by atoms with Crippen LogP contribution in [0.5, 0.6) is 11.6 Å². The first-order valence-corrected chi connectivity index (χ1v) is 21.6. The Morgan fingerprint density at radius 3 is 2.42 bits per heavy atom. The first-order valence-electron chi connectivity index (χ1n) is 20.1. The molecular weight excluding hydrogens is 810 g/mol. The molecule has 2 aromatic rings. The van der Waals surface area contributed by atoms with Gasteiger partial charge in [0.05, 0.1) is 24.6 Å².